The van der Waals surface area contributed by atoms with Crippen LogP contribution >= 0.6 is 0 Å². The first-order valence-corrected chi connectivity index (χ1v) is 5.93. The van der Waals surface area contributed by atoms with Gasteiger partial charge < -0.3 is 9.64 Å². The number of nitrogens with one attached hydrogen (secondary N) is 1. The van der Waals surface area contributed by atoms with Gasteiger partial charge in [-0.25, -0.2) is 4.39 Å². The van der Waals surface area contributed by atoms with Crippen LogP contribution in [0.3, 0.4) is 0 Å². The summed E-state index contributed by atoms with van der Waals surface area (Å²) in [5.74, 6) is -2.65. The van der Waals surface area contributed by atoms with Crippen LogP contribution in [-0.2, 0) is 9.59 Å². The Bertz CT molecular complexity index is 588. The summed E-state index contributed by atoms with van der Waals surface area (Å²) in [6, 6.07) is 3.10. The number of carbonyl (C=O) groups is 3. The Morgan fingerprint density at radius 1 is 1.45 bits per heavy atom. The van der Waals surface area contributed by atoms with E-state index in [0.717, 1.165) is 11.0 Å². The van der Waals surface area contributed by atoms with Crippen molar-refractivity contribution in [3.05, 3.63) is 29.6 Å². The molecule has 106 valence electrons. The Morgan fingerprint density at radius 2 is 2.15 bits per heavy atom. The number of methoxy groups -OCH3 is 1. The van der Waals surface area contributed by atoms with Crippen molar-refractivity contribution in [2.24, 2.45) is 0 Å². The molecule has 0 spiro atoms. The zero-order valence-corrected chi connectivity index (χ0v) is 11.0. The molecule has 3 amide bonds. The van der Waals surface area contributed by atoms with E-state index in [4.69, 9.17) is 4.74 Å². The van der Waals surface area contributed by atoms with Crippen LogP contribution in [0.4, 0.5) is 4.39 Å². The monoisotopic (exact) mass is 280 g/mol. The highest BCUT2D eigenvalue weighted by Gasteiger charge is 2.36. The van der Waals surface area contributed by atoms with E-state index in [1.165, 1.54) is 26.2 Å². The average Bonchev–Trinajstić information content (AvgIpc) is 2.41. The molecule has 1 aromatic carbocycles. The van der Waals surface area contributed by atoms with Gasteiger partial charge in [0.1, 0.15) is 29.7 Å². The standard InChI is InChI=1S/C13H13FN2O4/c1-7-12(18)15-10(17)6-16(7)13(19)11-8(14)4-3-5-9(11)20-2/h3-5,7H,6H2,1-2H3,(H,15,17,18). The third-order valence-electron chi connectivity index (χ3n) is 3.09. The molecule has 1 aliphatic heterocycles. The Kier molecular flexibility index (Phi) is 3.69. The molecule has 1 unspecified atom stereocenters. The van der Waals surface area contributed by atoms with E-state index in [0.29, 0.717) is 0 Å². The molecule has 0 aromatic heterocycles. The Labute approximate surface area is 114 Å². The molecule has 0 radical (unpaired) electrons. The number of ether oxygens (including phenoxy) is 1. The summed E-state index contributed by atoms with van der Waals surface area (Å²) in [4.78, 5) is 36.3. The lowest BCUT2D eigenvalue weighted by Crippen LogP contribution is -2.58. The number of hydrogen-bond acceptors (Lipinski definition) is 4. The van der Waals surface area contributed by atoms with Gasteiger partial charge in [0.05, 0.1) is 7.11 Å². The molecule has 0 aliphatic carbocycles. The van der Waals surface area contributed by atoms with Crippen molar-refractivity contribution in [2.45, 2.75) is 13.0 Å². The molecule has 1 aliphatic rings. The Morgan fingerprint density at radius 3 is 2.80 bits per heavy atom. The van der Waals surface area contributed by atoms with Crippen LogP contribution < -0.4 is 10.1 Å². The van der Waals surface area contributed by atoms with Crippen molar-refractivity contribution < 1.29 is 23.5 Å². The van der Waals surface area contributed by atoms with Crippen molar-refractivity contribution >= 4 is 17.7 Å². The molecule has 6 nitrogen and oxygen atoms in total. The topological polar surface area (TPSA) is 75.7 Å². The number of amides is 3. The molecule has 1 aromatic rings. The largest absolute Gasteiger partial charge is 0.496 e. The van der Waals surface area contributed by atoms with Gasteiger partial charge in [0.25, 0.3) is 5.91 Å². The minimum atomic E-state index is -0.857. The number of imide groups is 1. The number of halogens is 1. The lowest BCUT2D eigenvalue weighted by atomic mass is 10.1. The van der Waals surface area contributed by atoms with Crippen molar-refractivity contribution in [1.29, 1.82) is 0 Å². The predicted molar refractivity (Wildman–Crippen MR) is 66.6 cm³/mol. The van der Waals surface area contributed by atoms with E-state index in [-0.39, 0.29) is 17.9 Å². The molecule has 1 heterocycles. The van der Waals surface area contributed by atoms with Crippen molar-refractivity contribution in [2.75, 3.05) is 13.7 Å². The summed E-state index contributed by atoms with van der Waals surface area (Å²) < 4.78 is 18.8. The summed E-state index contributed by atoms with van der Waals surface area (Å²) in [7, 11) is 1.31. The smallest absolute Gasteiger partial charge is 0.261 e. The molecule has 1 atom stereocenters. The van der Waals surface area contributed by atoms with Gasteiger partial charge in [-0.3, -0.25) is 19.7 Å². The van der Waals surface area contributed by atoms with E-state index < -0.39 is 29.6 Å². The minimum Gasteiger partial charge on any atom is -0.496 e. The number of rotatable bonds is 2. The molecule has 20 heavy (non-hydrogen) atoms. The van der Waals surface area contributed by atoms with E-state index in [2.05, 4.69) is 5.32 Å². The lowest BCUT2D eigenvalue weighted by molar-refractivity contribution is -0.138. The summed E-state index contributed by atoms with van der Waals surface area (Å²) in [6.07, 6.45) is 0. The molecule has 2 rings (SSSR count). The van der Waals surface area contributed by atoms with Gasteiger partial charge in [-0.1, -0.05) is 6.07 Å². The van der Waals surface area contributed by atoms with E-state index in [1.54, 1.807) is 0 Å². The predicted octanol–water partition coefficient (Wildman–Crippen LogP) is 0.321. The molecule has 0 bridgehead atoms. The molecule has 1 N–H and O–H groups in total. The Hall–Kier alpha value is -2.44. The van der Waals surface area contributed by atoms with Gasteiger partial charge in [0, 0.05) is 0 Å². The van der Waals surface area contributed by atoms with Gasteiger partial charge in [-0.15, -0.1) is 0 Å². The lowest BCUT2D eigenvalue weighted by Gasteiger charge is -2.32. The zero-order chi connectivity index (χ0) is 14.9. The van der Waals surface area contributed by atoms with Crippen molar-refractivity contribution in [3.8, 4) is 5.75 Å². The van der Waals surface area contributed by atoms with Crippen LogP contribution in [0.1, 0.15) is 17.3 Å². The summed E-state index contributed by atoms with van der Waals surface area (Å²) in [5.41, 5.74) is -0.288. The molecule has 7 heteroatoms. The molecule has 0 saturated carbocycles. The van der Waals surface area contributed by atoms with Crippen LogP contribution in [0, 0.1) is 5.82 Å². The van der Waals surface area contributed by atoms with Crippen LogP contribution in [0.15, 0.2) is 18.2 Å². The third-order valence-corrected chi connectivity index (χ3v) is 3.09. The fraction of sp³-hybridized carbons (Fsp3) is 0.308. The first-order chi connectivity index (χ1) is 9.45. The molecule has 1 saturated heterocycles. The fourth-order valence-corrected chi connectivity index (χ4v) is 1.99. The van der Waals surface area contributed by atoms with Crippen molar-refractivity contribution in [3.63, 3.8) is 0 Å². The van der Waals surface area contributed by atoms with E-state index in [1.807, 2.05) is 0 Å². The maximum Gasteiger partial charge on any atom is 0.261 e. The summed E-state index contributed by atoms with van der Waals surface area (Å²) in [6.45, 7) is 1.16. The number of carbonyl (C=O) groups excluding carboxylic acids is 3. The summed E-state index contributed by atoms with van der Waals surface area (Å²) >= 11 is 0. The Balaban J connectivity index is 2.40. The second-order valence-corrected chi connectivity index (χ2v) is 4.34. The first kappa shape index (κ1) is 14.0. The van der Waals surface area contributed by atoms with Crippen LogP contribution in [0.25, 0.3) is 0 Å². The second-order valence-electron chi connectivity index (χ2n) is 4.34. The SMILES string of the molecule is COc1cccc(F)c1C(=O)N1CC(=O)NC(=O)C1C. The number of benzene rings is 1. The van der Waals surface area contributed by atoms with Crippen LogP contribution in [0.2, 0.25) is 0 Å². The van der Waals surface area contributed by atoms with Gasteiger partial charge in [-0.2, -0.15) is 0 Å². The maximum atomic E-state index is 13.9. The van der Waals surface area contributed by atoms with Gasteiger partial charge in [-0.05, 0) is 19.1 Å². The van der Waals surface area contributed by atoms with Gasteiger partial charge in [0.15, 0.2) is 0 Å². The fourth-order valence-electron chi connectivity index (χ4n) is 1.99. The highest BCUT2D eigenvalue weighted by atomic mass is 19.1. The number of hydrogen-bond donors (Lipinski definition) is 1. The van der Waals surface area contributed by atoms with Crippen LogP contribution in [-0.4, -0.2) is 42.3 Å². The number of piperazine rings is 1. The maximum absolute atomic E-state index is 13.9. The molecular formula is C13H13FN2O4. The highest BCUT2D eigenvalue weighted by Crippen LogP contribution is 2.24. The average molecular weight is 280 g/mol. The van der Waals surface area contributed by atoms with Gasteiger partial charge in [0.2, 0.25) is 11.8 Å². The number of nitrogens with zero attached hydrogens (tertiary/aromatic N) is 1. The first-order valence-electron chi connectivity index (χ1n) is 5.93. The summed E-state index contributed by atoms with van der Waals surface area (Å²) in [5, 5.41) is 2.11. The molecular weight excluding hydrogens is 267 g/mol. The highest BCUT2D eigenvalue weighted by molar-refractivity contribution is 6.07. The van der Waals surface area contributed by atoms with Crippen LogP contribution in [0.5, 0.6) is 5.75 Å². The van der Waals surface area contributed by atoms with E-state index in [9.17, 15) is 18.8 Å². The normalized spacial score (nSPS) is 18.8. The minimum absolute atomic E-state index is 0.0561. The third kappa shape index (κ3) is 2.34. The van der Waals surface area contributed by atoms with Gasteiger partial charge >= 0.3 is 0 Å². The van der Waals surface area contributed by atoms with E-state index >= 15 is 0 Å². The molecule has 1 fully saturated rings. The van der Waals surface area contributed by atoms with Crippen molar-refractivity contribution in [1.82, 2.24) is 10.2 Å². The zero-order valence-electron chi connectivity index (χ0n) is 11.0. The quantitative estimate of drug-likeness (QED) is 0.792. The second kappa shape index (κ2) is 5.28.